The fraction of sp³-hybridized carbons (Fsp3) is 0.333. The number of carbonyl (C=O) groups excluding carboxylic acids is 2. The van der Waals surface area contributed by atoms with Crippen molar-refractivity contribution in [3.63, 3.8) is 0 Å². The van der Waals surface area contributed by atoms with E-state index < -0.39 is 35.3 Å². The Bertz CT molecular complexity index is 502. The van der Waals surface area contributed by atoms with Gasteiger partial charge in [0.05, 0.1) is 5.69 Å². The minimum Gasteiger partial charge on any atom is -0.397 e. The summed E-state index contributed by atoms with van der Waals surface area (Å²) in [7, 11) is 0. The molecule has 2 unspecified atom stereocenters. The van der Waals surface area contributed by atoms with Gasteiger partial charge in [-0.05, 0) is 6.07 Å². The molecule has 2 amide bonds. The average molecular weight is 254 g/mol. The number of carbonyl (C=O) groups is 2. The molecule has 0 spiro atoms. The Balaban J connectivity index is 2.57. The van der Waals surface area contributed by atoms with Crippen molar-refractivity contribution >= 4 is 23.2 Å². The van der Waals surface area contributed by atoms with E-state index in [2.05, 4.69) is 0 Å². The number of anilines is 2. The zero-order valence-electron chi connectivity index (χ0n) is 9.91. The molecule has 0 aromatic heterocycles. The lowest BCUT2D eigenvalue weighted by Gasteiger charge is -2.17. The number of nitrogens with two attached hydrogens (primary N) is 1. The minimum atomic E-state index is -1.02. The Morgan fingerprint density at radius 2 is 1.61 bits per heavy atom. The smallest absolute Gasteiger partial charge is 0.237 e. The molecule has 18 heavy (non-hydrogen) atoms. The quantitative estimate of drug-likeness (QED) is 0.612. The number of nitrogen functional groups attached to an aromatic ring is 1. The summed E-state index contributed by atoms with van der Waals surface area (Å²) < 4.78 is 26.6. The van der Waals surface area contributed by atoms with Crippen LogP contribution in [0.5, 0.6) is 0 Å². The molecule has 1 saturated heterocycles. The van der Waals surface area contributed by atoms with E-state index in [1.807, 2.05) is 0 Å². The van der Waals surface area contributed by atoms with Crippen molar-refractivity contribution < 1.29 is 18.4 Å². The molecule has 2 N–H and O–H groups in total. The predicted molar refractivity (Wildman–Crippen MR) is 61.6 cm³/mol. The van der Waals surface area contributed by atoms with Crippen LogP contribution in [0.25, 0.3) is 0 Å². The van der Waals surface area contributed by atoms with Crippen LogP contribution < -0.4 is 10.6 Å². The summed E-state index contributed by atoms with van der Waals surface area (Å²) in [5.41, 5.74) is 4.86. The molecule has 1 aliphatic rings. The lowest BCUT2D eigenvalue weighted by molar-refractivity contribution is -0.122. The summed E-state index contributed by atoms with van der Waals surface area (Å²) in [6.07, 6.45) is 0. The highest BCUT2D eigenvalue weighted by Gasteiger charge is 2.44. The fourth-order valence-corrected chi connectivity index (χ4v) is 1.99. The summed E-state index contributed by atoms with van der Waals surface area (Å²) >= 11 is 0. The van der Waals surface area contributed by atoms with Crippen LogP contribution in [-0.4, -0.2) is 11.8 Å². The molecule has 4 nitrogen and oxygen atoms in total. The standard InChI is InChI=1S/C12H12F2N2O2/c1-5-6(2)12(18)16(11(5)17)10-8(14)3-7(13)4-9(10)15/h3-6H,15H2,1-2H3. The minimum absolute atomic E-state index is 0.268. The van der Waals surface area contributed by atoms with Gasteiger partial charge in [-0.15, -0.1) is 0 Å². The van der Waals surface area contributed by atoms with Crippen LogP contribution in [0.1, 0.15) is 13.8 Å². The van der Waals surface area contributed by atoms with Crippen molar-refractivity contribution in [2.45, 2.75) is 13.8 Å². The Labute approximate surface area is 102 Å². The van der Waals surface area contributed by atoms with E-state index in [0.717, 1.165) is 6.07 Å². The largest absolute Gasteiger partial charge is 0.397 e. The van der Waals surface area contributed by atoms with Crippen molar-refractivity contribution in [1.29, 1.82) is 0 Å². The molecule has 1 aliphatic heterocycles. The molecule has 1 aromatic rings. The van der Waals surface area contributed by atoms with Crippen molar-refractivity contribution in [2.75, 3.05) is 10.6 Å². The van der Waals surface area contributed by atoms with E-state index in [-0.39, 0.29) is 11.4 Å². The number of nitrogens with zero attached hydrogens (tertiary/aromatic N) is 1. The Hall–Kier alpha value is -1.98. The van der Waals surface area contributed by atoms with Gasteiger partial charge in [0, 0.05) is 17.9 Å². The van der Waals surface area contributed by atoms with Gasteiger partial charge in [0.2, 0.25) is 11.8 Å². The maximum Gasteiger partial charge on any atom is 0.237 e. The lowest BCUT2D eigenvalue weighted by atomic mass is 10.00. The van der Waals surface area contributed by atoms with Gasteiger partial charge in [-0.1, -0.05) is 13.8 Å². The van der Waals surface area contributed by atoms with Crippen LogP contribution in [0.4, 0.5) is 20.2 Å². The first kappa shape index (κ1) is 12.5. The predicted octanol–water partition coefficient (Wildman–Crippen LogP) is 1.69. The zero-order valence-corrected chi connectivity index (χ0v) is 9.91. The lowest BCUT2D eigenvalue weighted by Crippen LogP contribution is -2.32. The topological polar surface area (TPSA) is 63.4 Å². The van der Waals surface area contributed by atoms with Gasteiger partial charge in [0.15, 0.2) is 5.82 Å². The molecule has 1 heterocycles. The normalized spacial score (nSPS) is 23.9. The van der Waals surface area contributed by atoms with Crippen molar-refractivity contribution in [1.82, 2.24) is 0 Å². The highest BCUT2D eigenvalue weighted by Crippen LogP contribution is 2.35. The van der Waals surface area contributed by atoms with Gasteiger partial charge >= 0.3 is 0 Å². The first-order chi connectivity index (χ1) is 8.34. The highest BCUT2D eigenvalue weighted by atomic mass is 19.1. The fourth-order valence-electron chi connectivity index (χ4n) is 1.99. The van der Waals surface area contributed by atoms with Crippen molar-refractivity contribution in [3.05, 3.63) is 23.8 Å². The van der Waals surface area contributed by atoms with Crippen LogP contribution in [0.2, 0.25) is 0 Å². The van der Waals surface area contributed by atoms with Gasteiger partial charge < -0.3 is 5.73 Å². The maximum atomic E-state index is 13.7. The van der Waals surface area contributed by atoms with Gasteiger partial charge in [-0.25, -0.2) is 13.7 Å². The average Bonchev–Trinajstić information content (AvgIpc) is 2.45. The molecule has 96 valence electrons. The number of halogens is 2. The first-order valence-corrected chi connectivity index (χ1v) is 5.47. The molecule has 0 bridgehead atoms. The Morgan fingerprint density at radius 1 is 1.11 bits per heavy atom. The number of rotatable bonds is 1. The number of hydrogen-bond acceptors (Lipinski definition) is 3. The van der Waals surface area contributed by atoms with E-state index in [0.29, 0.717) is 11.0 Å². The second-order valence-corrected chi connectivity index (χ2v) is 4.41. The molecular formula is C12H12F2N2O2. The third-order valence-electron chi connectivity index (χ3n) is 3.25. The Morgan fingerprint density at radius 3 is 2.06 bits per heavy atom. The van der Waals surface area contributed by atoms with Crippen LogP contribution in [0.3, 0.4) is 0 Å². The molecule has 2 rings (SSSR count). The summed E-state index contributed by atoms with van der Waals surface area (Å²) in [5, 5.41) is 0. The Kier molecular flexibility index (Phi) is 2.80. The molecule has 0 saturated carbocycles. The third-order valence-corrected chi connectivity index (χ3v) is 3.25. The second kappa shape index (κ2) is 4.04. The van der Waals surface area contributed by atoms with E-state index in [1.165, 1.54) is 0 Å². The van der Waals surface area contributed by atoms with Gasteiger partial charge in [0.1, 0.15) is 11.5 Å². The van der Waals surface area contributed by atoms with E-state index in [1.54, 1.807) is 13.8 Å². The summed E-state index contributed by atoms with van der Waals surface area (Å²) in [6, 6.07) is 1.48. The second-order valence-electron chi connectivity index (χ2n) is 4.41. The van der Waals surface area contributed by atoms with Crippen LogP contribution in [0.15, 0.2) is 12.1 Å². The zero-order chi connectivity index (χ0) is 13.6. The third kappa shape index (κ3) is 1.64. The number of hydrogen-bond donors (Lipinski definition) is 1. The monoisotopic (exact) mass is 254 g/mol. The SMILES string of the molecule is CC1C(=O)N(c2c(N)cc(F)cc2F)C(=O)C1C. The molecule has 0 aliphatic carbocycles. The van der Waals surface area contributed by atoms with E-state index >= 15 is 0 Å². The summed E-state index contributed by atoms with van der Waals surface area (Å²) in [5.74, 6) is -4.00. The number of benzene rings is 1. The van der Waals surface area contributed by atoms with Gasteiger partial charge in [-0.3, -0.25) is 9.59 Å². The van der Waals surface area contributed by atoms with Gasteiger partial charge in [-0.2, -0.15) is 0 Å². The molecule has 2 atom stereocenters. The highest BCUT2D eigenvalue weighted by molar-refractivity contribution is 6.23. The summed E-state index contributed by atoms with van der Waals surface area (Å²) in [6.45, 7) is 3.17. The van der Waals surface area contributed by atoms with Crippen LogP contribution in [-0.2, 0) is 9.59 Å². The van der Waals surface area contributed by atoms with Crippen molar-refractivity contribution in [2.24, 2.45) is 11.8 Å². The molecule has 6 heteroatoms. The van der Waals surface area contributed by atoms with Crippen LogP contribution >= 0.6 is 0 Å². The molecule has 1 aromatic carbocycles. The maximum absolute atomic E-state index is 13.7. The van der Waals surface area contributed by atoms with Gasteiger partial charge in [0.25, 0.3) is 0 Å². The van der Waals surface area contributed by atoms with Crippen LogP contribution in [0, 0.1) is 23.5 Å². The van der Waals surface area contributed by atoms with E-state index in [9.17, 15) is 18.4 Å². The summed E-state index contributed by atoms with van der Waals surface area (Å²) in [4.78, 5) is 24.5. The molecule has 1 fully saturated rings. The van der Waals surface area contributed by atoms with E-state index in [4.69, 9.17) is 5.73 Å². The van der Waals surface area contributed by atoms with Crippen molar-refractivity contribution in [3.8, 4) is 0 Å². The number of amides is 2. The first-order valence-electron chi connectivity index (χ1n) is 5.47. The number of imide groups is 1. The molecule has 0 radical (unpaired) electrons. The molecular weight excluding hydrogens is 242 g/mol.